The fourth-order valence-electron chi connectivity index (χ4n) is 2.28. The molecule has 4 N–H and O–H groups in total. The van der Waals surface area contributed by atoms with Gasteiger partial charge in [-0.2, -0.15) is 0 Å². The van der Waals surface area contributed by atoms with E-state index in [1.165, 1.54) is 0 Å². The highest BCUT2D eigenvalue weighted by atomic mass is 35.5. The van der Waals surface area contributed by atoms with E-state index in [0.717, 1.165) is 45.8 Å². The molecule has 0 spiro atoms. The highest BCUT2D eigenvalue weighted by molar-refractivity contribution is 7.80. The summed E-state index contributed by atoms with van der Waals surface area (Å²) in [4.78, 5) is 13.4. The van der Waals surface area contributed by atoms with Crippen LogP contribution in [-0.4, -0.2) is 50.4 Å². The molecule has 0 atom stereocenters. The number of nitrogens with one attached hydrogen (secondary N) is 4. The van der Waals surface area contributed by atoms with Crippen molar-refractivity contribution in [1.82, 2.24) is 16.2 Å². The number of halogens is 1. The third-order valence-corrected chi connectivity index (χ3v) is 4.09. The maximum Gasteiger partial charge on any atom is 0.269 e. The fourth-order valence-corrected chi connectivity index (χ4v) is 2.56. The average Bonchev–Trinajstić information content (AvgIpc) is 2.58. The van der Waals surface area contributed by atoms with Crippen LogP contribution in [0.4, 0.5) is 0 Å². The first kappa shape index (κ1) is 17.9. The van der Waals surface area contributed by atoms with Gasteiger partial charge in [0.05, 0.1) is 19.8 Å². The van der Waals surface area contributed by atoms with Crippen molar-refractivity contribution < 1.29 is 14.4 Å². The summed E-state index contributed by atoms with van der Waals surface area (Å²) >= 11 is 10.9. The fraction of sp³-hybridized carbons (Fsp3) is 0.467. The van der Waals surface area contributed by atoms with Crippen LogP contribution in [0.15, 0.2) is 24.3 Å². The smallest absolute Gasteiger partial charge is 0.269 e. The SMILES string of the molecule is O=C(NNC(=S)NCCC[NH+]1CCOCC1)c1ccc(Cl)cc1. The number of carbonyl (C=O) groups is 1. The van der Waals surface area contributed by atoms with E-state index in [9.17, 15) is 4.79 Å². The van der Waals surface area contributed by atoms with Gasteiger partial charge in [0.2, 0.25) is 0 Å². The van der Waals surface area contributed by atoms with Gasteiger partial charge < -0.3 is 15.0 Å². The zero-order valence-corrected chi connectivity index (χ0v) is 14.4. The van der Waals surface area contributed by atoms with Gasteiger partial charge in [0.1, 0.15) is 13.1 Å². The second-order valence-corrected chi connectivity index (χ2v) is 6.15. The van der Waals surface area contributed by atoms with Gasteiger partial charge in [-0.05, 0) is 36.5 Å². The third-order valence-electron chi connectivity index (χ3n) is 3.59. The Kier molecular flexibility index (Phi) is 7.54. The Hall–Kier alpha value is -1.41. The van der Waals surface area contributed by atoms with Crippen molar-refractivity contribution in [2.45, 2.75) is 6.42 Å². The quantitative estimate of drug-likeness (QED) is 0.332. The lowest BCUT2D eigenvalue weighted by Crippen LogP contribution is -3.14. The largest absolute Gasteiger partial charge is 0.370 e. The van der Waals surface area contributed by atoms with E-state index in [0.29, 0.717) is 15.7 Å². The number of ether oxygens (including phenoxy) is 1. The van der Waals surface area contributed by atoms with Crippen molar-refractivity contribution in [3.8, 4) is 0 Å². The van der Waals surface area contributed by atoms with Gasteiger partial charge in [-0.1, -0.05) is 11.6 Å². The number of hydrogen-bond donors (Lipinski definition) is 4. The third kappa shape index (κ3) is 6.70. The number of hydrazine groups is 1. The summed E-state index contributed by atoms with van der Waals surface area (Å²) in [6.45, 7) is 5.70. The van der Waals surface area contributed by atoms with E-state index < -0.39 is 0 Å². The Morgan fingerprint density at radius 1 is 1.22 bits per heavy atom. The molecule has 2 rings (SSSR count). The van der Waals surface area contributed by atoms with Gasteiger partial charge in [-0.25, -0.2) is 0 Å². The van der Waals surface area contributed by atoms with Crippen molar-refractivity contribution in [3.05, 3.63) is 34.9 Å². The Bertz CT molecular complexity index is 521. The zero-order valence-electron chi connectivity index (χ0n) is 12.9. The lowest BCUT2D eigenvalue weighted by atomic mass is 10.2. The van der Waals surface area contributed by atoms with Crippen LogP contribution in [-0.2, 0) is 4.74 Å². The van der Waals surface area contributed by atoms with Crippen molar-refractivity contribution in [1.29, 1.82) is 0 Å². The number of carbonyl (C=O) groups excluding carboxylic acids is 1. The molecule has 0 aromatic heterocycles. The van der Waals surface area contributed by atoms with E-state index in [2.05, 4.69) is 16.2 Å². The molecular formula is C15H22ClN4O2S+. The molecule has 1 aromatic rings. The van der Waals surface area contributed by atoms with Crippen LogP contribution in [0.25, 0.3) is 0 Å². The summed E-state index contributed by atoms with van der Waals surface area (Å²) in [5.41, 5.74) is 5.76. The van der Waals surface area contributed by atoms with Gasteiger partial charge in [-0.15, -0.1) is 0 Å². The molecule has 1 amide bonds. The van der Waals surface area contributed by atoms with E-state index in [-0.39, 0.29) is 5.91 Å². The lowest BCUT2D eigenvalue weighted by Gasteiger charge is -2.23. The summed E-state index contributed by atoms with van der Waals surface area (Å²) in [7, 11) is 0. The zero-order chi connectivity index (χ0) is 16.5. The lowest BCUT2D eigenvalue weighted by molar-refractivity contribution is -0.908. The molecule has 1 saturated heterocycles. The maximum absolute atomic E-state index is 11.9. The van der Waals surface area contributed by atoms with E-state index >= 15 is 0 Å². The van der Waals surface area contributed by atoms with Crippen LogP contribution in [0.3, 0.4) is 0 Å². The molecule has 8 heteroatoms. The molecule has 0 bridgehead atoms. The molecule has 1 aliphatic rings. The molecular weight excluding hydrogens is 336 g/mol. The summed E-state index contributed by atoms with van der Waals surface area (Å²) < 4.78 is 5.33. The number of benzene rings is 1. The molecule has 0 aliphatic carbocycles. The number of quaternary nitrogens is 1. The van der Waals surface area contributed by atoms with Crippen LogP contribution in [0, 0.1) is 0 Å². The van der Waals surface area contributed by atoms with E-state index in [4.69, 9.17) is 28.6 Å². The van der Waals surface area contributed by atoms with Crippen LogP contribution in [0.2, 0.25) is 5.02 Å². The van der Waals surface area contributed by atoms with Crippen molar-refractivity contribution in [3.63, 3.8) is 0 Å². The highest BCUT2D eigenvalue weighted by Gasteiger charge is 2.12. The first-order valence-electron chi connectivity index (χ1n) is 7.66. The van der Waals surface area contributed by atoms with Gasteiger partial charge in [0, 0.05) is 23.6 Å². The molecule has 6 nitrogen and oxygen atoms in total. The number of rotatable bonds is 5. The van der Waals surface area contributed by atoms with Crippen molar-refractivity contribution in [2.24, 2.45) is 0 Å². The summed E-state index contributed by atoms with van der Waals surface area (Å²) in [5.74, 6) is -0.261. The van der Waals surface area contributed by atoms with Crippen molar-refractivity contribution in [2.75, 3.05) is 39.4 Å². The minimum absolute atomic E-state index is 0.261. The monoisotopic (exact) mass is 357 g/mol. The van der Waals surface area contributed by atoms with Gasteiger partial charge in [-0.3, -0.25) is 15.6 Å². The minimum atomic E-state index is -0.261. The average molecular weight is 358 g/mol. The maximum atomic E-state index is 11.9. The predicted molar refractivity (Wildman–Crippen MR) is 93.7 cm³/mol. The van der Waals surface area contributed by atoms with Gasteiger partial charge in [0.25, 0.3) is 5.91 Å². The predicted octanol–water partition coefficient (Wildman–Crippen LogP) is -0.246. The van der Waals surface area contributed by atoms with Crippen LogP contribution in [0.5, 0.6) is 0 Å². The van der Waals surface area contributed by atoms with Crippen LogP contribution in [0.1, 0.15) is 16.8 Å². The Labute approximate surface area is 146 Å². The molecule has 1 heterocycles. The first-order chi connectivity index (χ1) is 11.1. The van der Waals surface area contributed by atoms with Crippen LogP contribution < -0.4 is 21.1 Å². The second kappa shape index (κ2) is 9.67. The van der Waals surface area contributed by atoms with E-state index in [1.807, 2.05) is 0 Å². The molecule has 0 unspecified atom stereocenters. The van der Waals surface area contributed by atoms with Crippen LogP contribution >= 0.6 is 23.8 Å². The van der Waals surface area contributed by atoms with Gasteiger partial charge >= 0.3 is 0 Å². The molecule has 0 saturated carbocycles. The first-order valence-corrected chi connectivity index (χ1v) is 8.45. The molecule has 23 heavy (non-hydrogen) atoms. The van der Waals surface area contributed by atoms with E-state index in [1.54, 1.807) is 29.2 Å². The Balaban J connectivity index is 1.57. The Morgan fingerprint density at radius 2 is 1.91 bits per heavy atom. The number of morpholine rings is 1. The number of thiocarbonyl (C=S) groups is 1. The number of amides is 1. The molecule has 1 aliphatic heterocycles. The second-order valence-electron chi connectivity index (χ2n) is 5.31. The summed E-state index contributed by atoms with van der Waals surface area (Å²) in [6, 6.07) is 6.64. The Morgan fingerprint density at radius 3 is 2.61 bits per heavy atom. The van der Waals surface area contributed by atoms with Crippen molar-refractivity contribution >= 4 is 34.8 Å². The molecule has 1 fully saturated rings. The standard InChI is InChI=1S/C15H21ClN4O2S/c16-13-4-2-12(3-5-13)14(21)18-19-15(23)17-6-1-7-20-8-10-22-11-9-20/h2-5H,1,6-11H2,(H,18,21)(H2,17,19,23)/p+1. The summed E-state index contributed by atoms with van der Waals surface area (Å²) in [5, 5.41) is 4.08. The number of hydrogen-bond acceptors (Lipinski definition) is 3. The topological polar surface area (TPSA) is 66.8 Å². The van der Waals surface area contributed by atoms with Gasteiger partial charge in [0.15, 0.2) is 5.11 Å². The highest BCUT2D eigenvalue weighted by Crippen LogP contribution is 2.08. The summed E-state index contributed by atoms with van der Waals surface area (Å²) in [6.07, 6.45) is 1.02. The normalized spacial score (nSPS) is 15.0. The molecule has 126 valence electrons. The molecule has 0 radical (unpaired) electrons. The minimum Gasteiger partial charge on any atom is -0.370 e. The molecule has 1 aromatic carbocycles.